The van der Waals surface area contributed by atoms with Crippen LogP contribution >= 0.6 is 11.6 Å². The molecule has 3 rings (SSSR count). The van der Waals surface area contributed by atoms with Crippen molar-refractivity contribution in [3.05, 3.63) is 77.0 Å². The molecule has 0 radical (unpaired) electrons. The van der Waals surface area contributed by atoms with Crippen molar-refractivity contribution in [2.75, 3.05) is 11.9 Å². The van der Waals surface area contributed by atoms with Crippen molar-refractivity contribution < 1.29 is 14.0 Å². The van der Waals surface area contributed by atoms with Crippen LogP contribution in [0.4, 0.5) is 5.69 Å². The number of anilines is 1. The summed E-state index contributed by atoms with van der Waals surface area (Å²) in [6, 6.07) is 18.7. The number of amides is 2. The average Bonchev–Trinajstić information content (AvgIpc) is 3.21. The molecule has 0 saturated heterocycles. The van der Waals surface area contributed by atoms with Crippen LogP contribution in [0.15, 0.2) is 65.1 Å². The number of hydrogen-bond donors (Lipinski definition) is 3. The lowest BCUT2D eigenvalue weighted by Crippen LogP contribution is -2.31. The molecule has 0 spiro atoms. The maximum Gasteiger partial charge on any atom is 0.239 e. The summed E-state index contributed by atoms with van der Waals surface area (Å²) < 4.78 is 5.78. The molecule has 2 aromatic carbocycles. The van der Waals surface area contributed by atoms with Crippen LogP contribution in [-0.4, -0.2) is 24.4 Å². The van der Waals surface area contributed by atoms with Crippen LogP contribution in [0.1, 0.15) is 25.2 Å². The first-order valence-electron chi connectivity index (χ1n) is 10.1. The Kier molecular flexibility index (Phi) is 7.73. The van der Waals surface area contributed by atoms with Crippen LogP contribution in [0.3, 0.4) is 0 Å². The lowest BCUT2D eigenvalue weighted by Gasteiger charge is -2.10. The maximum atomic E-state index is 12.1. The van der Waals surface area contributed by atoms with E-state index in [0.29, 0.717) is 23.7 Å². The van der Waals surface area contributed by atoms with Gasteiger partial charge in [-0.25, -0.2) is 0 Å². The Morgan fingerprint density at radius 1 is 0.935 bits per heavy atom. The van der Waals surface area contributed by atoms with E-state index in [9.17, 15) is 9.59 Å². The highest BCUT2D eigenvalue weighted by atomic mass is 35.5. The van der Waals surface area contributed by atoms with Gasteiger partial charge in [0.05, 0.1) is 19.5 Å². The van der Waals surface area contributed by atoms with Crippen LogP contribution in [0.5, 0.6) is 0 Å². The minimum Gasteiger partial charge on any atom is -0.459 e. The first kappa shape index (κ1) is 22.4. The summed E-state index contributed by atoms with van der Waals surface area (Å²) in [6.07, 6.45) is 0.333. The van der Waals surface area contributed by atoms with E-state index in [4.69, 9.17) is 16.0 Å². The predicted molar refractivity (Wildman–Crippen MR) is 123 cm³/mol. The standard InChI is InChI=1S/C24H26ClN3O3/c1-16(2)28-23(29)13-17-3-9-20(10-4-17)26-15-24(30)27-14-21-11-12-22(31-21)18-5-7-19(25)8-6-18/h3-12,16,26H,13-15H2,1-2H3,(H,27,30)(H,28,29). The molecule has 0 unspecified atom stereocenters. The Labute approximate surface area is 187 Å². The van der Waals surface area contributed by atoms with Gasteiger partial charge in [0.15, 0.2) is 0 Å². The summed E-state index contributed by atoms with van der Waals surface area (Å²) in [7, 11) is 0. The fourth-order valence-electron chi connectivity index (χ4n) is 2.97. The van der Waals surface area contributed by atoms with E-state index in [1.54, 1.807) is 12.1 Å². The highest BCUT2D eigenvalue weighted by molar-refractivity contribution is 6.30. The first-order valence-corrected chi connectivity index (χ1v) is 10.5. The molecule has 162 valence electrons. The molecule has 0 aliphatic heterocycles. The van der Waals surface area contributed by atoms with E-state index in [1.165, 1.54) is 0 Å². The lowest BCUT2D eigenvalue weighted by molar-refractivity contribution is -0.121. The highest BCUT2D eigenvalue weighted by Crippen LogP contribution is 2.23. The van der Waals surface area contributed by atoms with Gasteiger partial charge in [-0.05, 0) is 67.9 Å². The van der Waals surface area contributed by atoms with Gasteiger partial charge in [-0.15, -0.1) is 0 Å². The number of hydrogen-bond acceptors (Lipinski definition) is 4. The number of halogens is 1. The summed E-state index contributed by atoms with van der Waals surface area (Å²) in [6.45, 7) is 4.30. The molecule has 2 amide bonds. The largest absolute Gasteiger partial charge is 0.459 e. The molecule has 3 aromatic rings. The van der Waals surface area contributed by atoms with Crippen LogP contribution in [0.25, 0.3) is 11.3 Å². The van der Waals surface area contributed by atoms with Crippen LogP contribution in [0, 0.1) is 0 Å². The Balaban J connectivity index is 1.42. The van der Waals surface area contributed by atoms with Crippen molar-refractivity contribution in [3.8, 4) is 11.3 Å². The summed E-state index contributed by atoms with van der Waals surface area (Å²) in [5.74, 6) is 1.24. The number of nitrogens with one attached hydrogen (secondary N) is 3. The van der Waals surface area contributed by atoms with Gasteiger partial charge in [-0.3, -0.25) is 9.59 Å². The smallest absolute Gasteiger partial charge is 0.239 e. The normalized spacial score (nSPS) is 10.7. The molecule has 6 nitrogen and oxygen atoms in total. The molecule has 0 aliphatic carbocycles. The Morgan fingerprint density at radius 2 is 1.65 bits per heavy atom. The highest BCUT2D eigenvalue weighted by Gasteiger charge is 2.08. The van der Waals surface area contributed by atoms with Crippen LogP contribution in [-0.2, 0) is 22.6 Å². The van der Waals surface area contributed by atoms with Gasteiger partial charge >= 0.3 is 0 Å². The average molecular weight is 440 g/mol. The maximum absolute atomic E-state index is 12.1. The van der Waals surface area contributed by atoms with E-state index in [1.807, 2.05) is 62.4 Å². The SMILES string of the molecule is CC(C)NC(=O)Cc1ccc(NCC(=O)NCc2ccc(-c3ccc(Cl)cc3)o2)cc1. The topological polar surface area (TPSA) is 83.4 Å². The fourth-order valence-corrected chi connectivity index (χ4v) is 3.10. The van der Waals surface area contributed by atoms with Crippen molar-refractivity contribution in [3.63, 3.8) is 0 Å². The van der Waals surface area contributed by atoms with E-state index in [-0.39, 0.29) is 24.4 Å². The summed E-state index contributed by atoms with van der Waals surface area (Å²) >= 11 is 5.91. The quantitative estimate of drug-likeness (QED) is 0.461. The van der Waals surface area contributed by atoms with Gasteiger partial charge in [0.1, 0.15) is 11.5 Å². The van der Waals surface area contributed by atoms with E-state index in [2.05, 4.69) is 16.0 Å². The third-order valence-corrected chi connectivity index (χ3v) is 4.72. The zero-order valence-corrected chi connectivity index (χ0v) is 18.3. The molecular formula is C24H26ClN3O3. The van der Waals surface area contributed by atoms with Gasteiger partial charge in [0, 0.05) is 22.3 Å². The van der Waals surface area contributed by atoms with E-state index in [0.717, 1.165) is 22.6 Å². The van der Waals surface area contributed by atoms with Gasteiger partial charge in [-0.1, -0.05) is 23.7 Å². The molecule has 0 aliphatic rings. The predicted octanol–water partition coefficient (Wildman–Crippen LogP) is 4.40. The third-order valence-electron chi connectivity index (χ3n) is 4.47. The first-order chi connectivity index (χ1) is 14.9. The molecular weight excluding hydrogens is 414 g/mol. The molecule has 7 heteroatoms. The second-order valence-electron chi connectivity index (χ2n) is 7.50. The van der Waals surface area contributed by atoms with E-state index < -0.39 is 0 Å². The van der Waals surface area contributed by atoms with E-state index >= 15 is 0 Å². The zero-order valence-electron chi connectivity index (χ0n) is 17.6. The summed E-state index contributed by atoms with van der Waals surface area (Å²) in [4.78, 5) is 24.0. The Morgan fingerprint density at radius 3 is 2.32 bits per heavy atom. The van der Waals surface area contributed by atoms with Gasteiger partial charge in [-0.2, -0.15) is 0 Å². The lowest BCUT2D eigenvalue weighted by atomic mass is 10.1. The van der Waals surface area contributed by atoms with Gasteiger partial charge in [0.25, 0.3) is 0 Å². The van der Waals surface area contributed by atoms with Gasteiger partial charge < -0.3 is 20.4 Å². The molecule has 1 aromatic heterocycles. The molecule has 0 saturated carbocycles. The monoisotopic (exact) mass is 439 g/mol. The van der Waals surface area contributed by atoms with Crippen molar-refractivity contribution in [1.82, 2.24) is 10.6 Å². The number of furan rings is 1. The Bertz CT molecular complexity index is 1010. The summed E-state index contributed by atoms with van der Waals surface area (Å²) in [5, 5.41) is 9.44. The molecule has 0 bridgehead atoms. The number of carbonyl (C=O) groups excluding carboxylic acids is 2. The molecule has 1 heterocycles. The van der Waals surface area contributed by atoms with Crippen LogP contribution in [0.2, 0.25) is 5.02 Å². The van der Waals surface area contributed by atoms with Gasteiger partial charge in [0.2, 0.25) is 11.8 Å². The fraction of sp³-hybridized carbons (Fsp3) is 0.250. The summed E-state index contributed by atoms with van der Waals surface area (Å²) in [5.41, 5.74) is 2.66. The number of benzene rings is 2. The minimum atomic E-state index is -0.148. The van der Waals surface area contributed by atoms with Crippen molar-refractivity contribution in [2.45, 2.75) is 32.9 Å². The number of carbonyl (C=O) groups is 2. The zero-order chi connectivity index (χ0) is 22.2. The van der Waals surface area contributed by atoms with Crippen molar-refractivity contribution in [2.24, 2.45) is 0 Å². The van der Waals surface area contributed by atoms with Crippen molar-refractivity contribution in [1.29, 1.82) is 0 Å². The molecule has 0 atom stereocenters. The second kappa shape index (κ2) is 10.7. The molecule has 3 N–H and O–H groups in total. The van der Waals surface area contributed by atoms with Crippen molar-refractivity contribution >= 4 is 29.1 Å². The number of rotatable bonds is 9. The Hall–Kier alpha value is -3.25. The third kappa shape index (κ3) is 7.19. The second-order valence-corrected chi connectivity index (χ2v) is 7.94. The molecule has 0 fully saturated rings. The van der Waals surface area contributed by atoms with Crippen LogP contribution < -0.4 is 16.0 Å². The molecule has 31 heavy (non-hydrogen) atoms. The minimum absolute atomic E-state index is 0.00719.